The lowest BCUT2D eigenvalue weighted by Gasteiger charge is -2.33. The molecule has 2 aliphatic heterocycles. The van der Waals surface area contributed by atoms with E-state index >= 15 is 0 Å². The summed E-state index contributed by atoms with van der Waals surface area (Å²) >= 11 is 0. The highest BCUT2D eigenvalue weighted by Gasteiger charge is 2.43. The highest BCUT2D eigenvalue weighted by Crippen LogP contribution is 2.48. The lowest BCUT2D eigenvalue weighted by Crippen LogP contribution is -2.42. The van der Waals surface area contributed by atoms with Gasteiger partial charge in [-0.05, 0) is 86.7 Å². The smallest absolute Gasteiger partial charge is 0.302 e. The van der Waals surface area contributed by atoms with Crippen molar-refractivity contribution in [3.8, 4) is 11.5 Å². The number of nitrogens with zero attached hydrogens (tertiary/aromatic N) is 2. The minimum Gasteiger partial charge on any atom is -0.497 e. The number of methoxy groups -OCH3 is 1. The van der Waals surface area contributed by atoms with Gasteiger partial charge in [0.2, 0.25) is 11.8 Å². The molecule has 0 saturated carbocycles. The van der Waals surface area contributed by atoms with E-state index in [-0.39, 0.29) is 30.1 Å². The second-order valence-corrected chi connectivity index (χ2v) is 13.9. The Hall–Kier alpha value is -5.23. The molecule has 2 N–H and O–H groups in total. The fourth-order valence-corrected chi connectivity index (χ4v) is 7.31. The van der Waals surface area contributed by atoms with Crippen molar-refractivity contribution in [2.45, 2.75) is 77.0 Å². The molecule has 5 rings (SSSR count). The molecule has 1 unspecified atom stereocenters. The standard InChI is InChI=1S/C42H52N4O8/c1-28(47)36-13-8-25-46(29(2)48)37(20-26-53-30(3)49)33-16-19-38-35(27-33)39(40(54-38)31-14-17-34(52-4)18-15-31)42(51)45(23-9-21-43-36)24-10-22-44-41(50)32-11-6-5-7-12-32/h5-7,11-12,14-19,27,36-37,39-40,43H,8-10,13,20-26H2,1-4H3,(H,44,50)/t36?,37-,39-,40+/m0/s1. The number of hydrogen-bond donors (Lipinski definition) is 2. The number of fused-ring (bicyclic) bond motifs is 1. The highest BCUT2D eigenvalue weighted by atomic mass is 16.5. The third-order valence-electron chi connectivity index (χ3n) is 10.1. The molecule has 0 aliphatic carbocycles. The number of esters is 1. The Morgan fingerprint density at radius 1 is 0.926 bits per heavy atom. The molecule has 2 bridgehead atoms. The number of hydrogen-bond acceptors (Lipinski definition) is 9. The van der Waals surface area contributed by atoms with Crippen LogP contribution in [0.2, 0.25) is 0 Å². The second-order valence-electron chi connectivity index (χ2n) is 13.9. The van der Waals surface area contributed by atoms with Gasteiger partial charge < -0.3 is 34.6 Å². The van der Waals surface area contributed by atoms with Crippen LogP contribution in [0.5, 0.6) is 11.5 Å². The molecule has 3 amide bonds. The molecule has 12 heteroatoms. The van der Waals surface area contributed by atoms with Crippen molar-refractivity contribution in [1.29, 1.82) is 0 Å². The predicted molar refractivity (Wildman–Crippen MR) is 203 cm³/mol. The highest BCUT2D eigenvalue weighted by molar-refractivity contribution is 5.94. The predicted octanol–water partition coefficient (Wildman–Crippen LogP) is 5.14. The van der Waals surface area contributed by atoms with Gasteiger partial charge in [0.15, 0.2) is 0 Å². The van der Waals surface area contributed by atoms with Crippen molar-refractivity contribution in [2.75, 3.05) is 46.4 Å². The van der Waals surface area contributed by atoms with Crippen molar-refractivity contribution in [2.24, 2.45) is 0 Å². The summed E-state index contributed by atoms with van der Waals surface area (Å²) in [5.74, 6) is -0.337. The third kappa shape index (κ3) is 10.2. The Morgan fingerprint density at radius 2 is 1.67 bits per heavy atom. The molecule has 0 radical (unpaired) electrons. The van der Waals surface area contributed by atoms with Crippen LogP contribution in [0.1, 0.15) is 98.0 Å². The normalized spacial score (nSPS) is 20.5. The monoisotopic (exact) mass is 740 g/mol. The summed E-state index contributed by atoms with van der Waals surface area (Å²) in [4.78, 5) is 69.0. The number of Topliss-reactive ketones (excluding diaryl/α,β-unsaturated/α-hetero) is 1. The Balaban J connectivity index is 1.52. The molecular weight excluding hydrogens is 688 g/mol. The zero-order valence-electron chi connectivity index (χ0n) is 31.7. The van der Waals surface area contributed by atoms with Crippen molar-refractivity contribution in [1.82, 2.24) is 20.4 Å². The molecule has 2 aliphatic rings. The van der Waals surface area contributed by atoms with Crippen molar-refractivity contribution < 1.29 is 38.2 Å². The Labute approximate surface area is 317 Å². The van der Waals surface area contributed by atoms with Gasteiger partial charge in [0, 0.05) is 57.6 Å². The quantitative estimate of drug-likeness (QED) is 0.202. The molecule has 3 aromatic carbocycles. The number of benzene rings is 3. The summed E-state index contributed by atoms with van der Waals surface area (Å²) in [7, 11) is 1.60. The molecular formula is C42H52N4O8. The number of carbonyl (C=O) groups excluding carboxylic acids is 5. The van der Waals surface area contributed by atoms with Gasteiger partial charge in [-0.2, -0.15) is 0 Å². The molecule has 12 nitrogen and oxygen atoms in total. The summed E-state index contributed by atoms with van der Waals surface area (Å²) in [5.41, 5.74) is 2.87. The van der Waals surface area contributed by atoms with Crippen LogP contribution in [0.15, 0.2) is 72.8 Å². The van der Waals surface area contributed by atoms with Gasteiger partial charge in [-0.25, -0.2) is 0 Å². The van der Waals surface area contributed by atoms with Gasteiger partial charge in [0.1, 0.15) is 29.3 Å². The SMILES string of the molecule is COc1ccc([C@H]2Oc3ccc4cc3[C@@H]2C(=O)N(CCCNC(=O)c2ccccc2)CCCNC(C(C)=O)CCCN(C(C)=O)[C@H]4CCOC(C)=O)cc1. The van der Waals surface area contributed by atoms with Crippen LogP contribution in [0.25, 0.3) is 0 Å². The van der Waals surface area contributed by atoms with Gasteiger partial charge in [-0.3, -0.25) is 24.0 Å². The van der Waals surface area contributed by atoms with E-state index in [1.807, 2.05) is 65.6 Å². The Morgan fingerprint density at radius 3 is 2.35 bits per heavy atom. The fourth-order valence-electron chi connectivity index (χ4n) is 7.31. The summed E-state index contributed by atoms with van der Waals surface area (Å²) in [6.07, 6.45) is 1.93. The summed E-state index contributed by atoms with van der Waals surface area (Å²) < 4.78 is 17.3. The van der Waals surface area contributed by atoms with Crippen LogP contribution in [0, 0.1) is 0 Å². The van der Waals surface area contributed by atoms with E-state index in [4.69, 9.17) is 14.2 Å². The molecule has 54 heavy (non-hydrogen) atoms. The lowest BCUT2D eigenvalue weighted by molar-refractivity contribution is -0.141. The van der Waals surface area contributed by atoms with Gasteiger partial charge in [0.25, 0.3) is 5.91 Å². The summed E-state index contributed by atoms with van der Waals surface area (Å²) in [5, 5.41) is 6.35. The van der Waals surface area contributed by atoms with Crippen LogP contribution in [0.3, 0.4) is 0 Å². The van der Waals surface area contributed by atoms with E-state index < -0.39 is 30.1 Å². The van der Waals surface area contributed by atoms with Crippen molar-refractivity contribution in [3.05, 3.63) is 95.1 Å². The first-order chi connectivity index (χ1) is 26.1. The summed E-state index contributed by atoms with van der Waals surface area (Å²) in [6.45, 7) is 6.60. The lowest BCUT2D eigenvalue weighted by atomic mass is 9.87. The van der Waals surface area contributed by atoms with Gasteiger partial charge in [-0.15, -0.1) is 0 Å². The average molecular weight is 741 g/mol. The number of ketones is 1. The molecule has 0 fully saturated rings. The fraction of sp³-hybridized carbons (Fsp3) is 0.452. The average Bonchev–Trinajstić information content (AvgIpc) is 3.55. The molecule has 0 spiro atoms. The van der Waals surface area contributed by atoms with E-state index in [0.717, 1.165) is 11.1 Å². The number of ether oxygens (including phenoxy) is 3. The molecule has 0 saturated heterocycles. The maximum atomic E-state index is 15.0. The zero-order chi connectivity index (χ0) is 38.6. The maximum absolute atomic E-state index is 15.0. The van der Waals surface area contributed by atoms with E-state index in [1.165, 1.54) is 13.8 Å². The van der Waals surface area contributed by atoms with Gasteiger partial charge in [0.05, 0.1) is 25.8 Å². The summed E-state index contributed by atoms with van der Waals surface area (Å²) in [6, 6.07) is 21.3. The van der Waals surface area contributed by atoms with Crippen molar-refractivity contribution >= 4 is 29.5 Å². The third-order valence-corrected chi connectivity index (χ3v) is 10.1. The number of carbonyl (C=O) groups is 5. The topological polar surface area (TPSA) is 144 Å². The number of rotatable bonds is 11. The zero-order valence-corrected chi connectivity index (χ0v) is 31.7. The van der Waals surface area contributed by atoms with Crippen LogP contribution in [0.4, 0.5) is 0 Å². The van der Waals surface area contributed by atoms with E-state index in [0.29, 0.717) is 87.5 Å². The van der Waals surface area contributed by atoms with Crippen LogP contribution in [-0.4, -0.2) is 91.8 Å². The number of amides is 3. The van der Waals surface area contributed by atoms with Crippen LogP contribution < -0.4 is 20.1 Å². The molecule has 3 aromatic rings. The molecule has 4 atom stereocenters. The first-order valence-corrected chi connectivity index (χ1v) is 18.8. The first kappa shape index (κ1) is 40.0. The van der Waals surface area contributed by atoms with E-state index in [1.54, 1.807) is 31.1 Å². The largest absolute Gasteiger partial charge is 0.497 e. The van der Waals surface area contributed by atoms with Gasteiger partial charge in [-0.1, -0.05) is 36.4 Å². The minimum atomic E-state index is -0.724. The molecule has 2 heterocycles. The minimum absolute atomic E-state index is 0.00431. The van der Waals surface area contributed by atoms with Crippen molar-refractivity contribution in [3.63, 3.8) is 0 Å². The maximum Gasteiger partial charge on any atom is 0.302 e. The van der Waals surface area contributed by atoms with E-state index in [9.17, 15) is 24.0 Å². The second kappa shape index (κ2) is 19.2. The molecule has 288 valence electrons. The van der Waals surface area contributed by atoms with E-state index in [2.05, 4.69) is 10.6 Å². The van der Waals surface area contributed by atoms with Gasteiger partial charge >= 0.3 is 5.97 Å². The van der Waals surface area contributed by atoms with Crippen LogP contribution in [-0.2, 0) is 23.9 Å². The Kier molecular flexibility index (Phi) is 14.2. The van der Waals surface area contributed by atoms with Crippen LogP contribution >= 0.6 is 0 Å². The first-order valence-electron chi connectivity index (χ1n) is 18.8. The number of nitrogens with one attached hydrogen (secondary N) is 2. The molecule has 0 aromatic heterocycles. The Bertz CT molecular complexity index is 1770.